The monoisotopic (exact) mass is 290 g/mol. The second kappa shape index (κ2) is 7.57. The number of piperidine rings is 1. The molecule has 4 nitrogen and oxygen atoms in total. The molecule has 1 heterocycles. The van der Waals surface area contributed by atoms with Crippen molar-refractivity contribution in [2.24, 2.45) is 0 Å². The minimum atomic E-state index is -0.395. The van der Waals surface area contributed by atoms with Gasteiger partial charge in [0.1, 0.15) is 0 Å². The van der Waals surface area contributed by atoms with Gasteiger partial charge in [-0.05, 0) is 44.8 Å². The summed E-state index contributed by atoms with van der Waals surface area (Å²) in [6, 6.07) is 10.3. The number of methoxy groups -OCH3 is 1. The van der Waals surface area contributed by atoms with Gasteiger partial charge in [-0.1, -0.05) is 30.3 Å². The number of carbonyl (C=O) groups excluding carboxylic acids is 1. The number of rotatable bonds is 6. The zero-order valence-electron chi connectivity index (χ0n) is 13.0. The SMILES string of the molecule is COCCC(C)NC(=O)C1(c2ccccc2)CCNCC1. The molecule has 1 atom stereocenters. The van der Waals surface area contributed by atoms with E-state index in [4.69, 9.17) is 4.74 Å². The lowest BCUT2D eigenvalue weighted by Gasteiger charge is -2.37. The molecule has 1 aliphatic heterocycles. The van der Waals surface area contributed by atoms with Crippen LogP contribution in [-0.2, 0) is 14.9 Å². The molecule has 0 bridgehead atoms. The van der Waals surface area contributed by atoms with Crippen LogP contribution < -0.4 is 10.6 Å². The smallest absolute Gasteiger partial charge is 0.230 e. The maximum Gasteiger partial charge on any atom is 0.230 e. The predicted molar refractivity (Wildman–Crippen MR) is 84.3 cm³/mol. The Bertz CT molecular complexity index is 441. The van der Waals surface area contributed by atoms with Crippen molar-refractivity contribution in [2.75, 3.05) is 26.8 Å². The third kappa shape index (κ3) is 3.83. The molecule has 2 N–H and O–H groups in total. The molecule has 1 saturated heterocycles. The van der Waals surface area contributed by atoms with Crippen molar-refractivity contribution >= 4 is 5.91 Å². The lowest BCUT2D eigenvalue weighted by Crippen LogP contribution is -2.52. The van der Waals surface area contributed by atoms with E-state index in [0.29, 0.717) is 6.61 Å². The van der Waals surface area contributed by atoms with Gasteiger partial charge in [-0.15, -0.1) is 0 Å². The molecule has 1 unspecified atom stereocenters. The minimum absolute atomic E-state index is 0.132. The van der Waals surface area contributed by atoms with Crippen LogP contribution in [0, 0.1) is 0 Å². The van der Waals surface area contributed by atoms with E-state index >= 15 is 0 Å². The number of carbonyl (C=O) groups is 1. The van der Waals surface area contributed by atoms with Gasteiger partial charge < -0.3 is 15.4 Å². The average Bonchev–Trinajstić information content (AvgIpc) is 2.54. The van der Waals surface area contributed by atoms with Crippen LogP contribution >= 0.6 is 0 Å². The van der Waals surface area contributed by atoms with Crippen molar-refractivity contribution < 1.29 is 9.53 Å². The zero-order valence-corrected chi connectivity index (χ0v) is 13.0. The van der Waals surface area contributed by atoms with Gasteiger partial charge in [-0.3, -0.25) is 4.79 Å². The Labute approximate surface area is 127 Å². The van der Waals surface area contributed by atoms with Gasteiger partial charge in [0, 0.05) is 19.8 Å². The number of hydrogen-bond donors (Lipinski definition) is 2. The van der Waals surface area contributed by atoms with Crippen molar-refractivity contribution in [2.45, 2.75) is 37.6 Å². The van der Waals surface area contributed by atoms with Crippen LogP contribution in [0.4, 0.5) is 0 Å². The Balaban J connectivity index is 2.14. The summed E-state index contributed by atoms with van der Waals surface area (Å²) in [5, 5.41) is 6.53. The largest absolute Gasteiger partial charge is 0.385 e. The Kier molecular flexibility index (Phi) is 5.76. The number of benzene rings is 1. The van der Waals surface area contributed by atoms with Gasteiger partial charge in [-0.25, -0.2) is 0 Å². The standard InChI is InChI=1S/C17H26N2O2/c1-14(8-13-21-2)19-16(20)17(9-11-18-12-10-17)15-6-4-3-5-7-15/h3-7,14,18H,8-13H2,1-2H3,(H,19,20). The summed E-state index contributed by atoms with van der Waals surface area (Å²) >= 11 is 0. The maximum absolute atomic E-state index is 12.9. The highest BCUT2D eigenvalue weighted by atomic mass is 16.5. The fourth-order valence-corrected chi connectivity index (χ4v) is 2.99. The Morgan fingerprint density at radius 2 is 2.00 bits per heavy atom. The maximum atomic E-state index is 12.9. The van der Waals surface area contributed by atoms with Crippen molar-refractivity contribution in [3.63, 3.8) is 0 Å². The summed E-state index contributed by atoms with van der Waals surface area (Å²) in [5.41, 5.74) is 0.733. The number of hydrogen-bond acceptors (Lipinski definition) is 3. The lowest BCUT2D eigenvalue weighted by molar-refractivity contribution is -0.128. The van der Waals surface area contributed by atoms with Crippen LogP contribution in [0.1, 0.15) is 31.7 Å². The summed E-state index contributed by atoms with van der Waals surface area (Å²) in [7, 11) is 1.69. The molecule has 0 saturated carbocycles. The molecule has 1 aromatic carbocycles. The van der Waals surface area contributed by atoms with Gasteiger partial charge in [0.15, 0.2) is 0 Å². The lowest BCUT2D eigenvalue weighted by atomic mass is 9.72. The van der Waals surface area contributed by atoms with Gasteiger partial charge in [0.2, 0.25) is 5.91 Å². The summed E-state index contributed by atoms with van der Waals surface area (Å²) < 4.78 is 5.09. The predicted octanol–water partition coefficient (Wildman–Crippen LogP) is 1.85. The van der Waals surface area contributed by atoms with Crippen LogP contribution in [0.3, 0.4) is 0 Å². The molecule has 116 valence electrons. The molecular formula is C17H26N2O2. The molecule has 2 rings (SSSR count). The third-order valence-corrected chi connectivity index (χ3v) is 4.35. The van der Waals surface area contributed by atoms with Crippen LogP contribution in [-0.4, -0.2) is 38.8 Å². The van der Waals surface area contributed by atoms with E-state index < -0.39 is 5.41 Å². The Morgan fingerprint density at radius 3 is 2.62 bits per heavy atom. The quantitative estimate of drug-likeness (QED) is 0.840. The second-order valence-electron chi connectivity index (χ2n) is 5.85. The van der Waals surface area contributed by atoms with E-state index in [1.807, 2.05) is 25.1 Å². The van der Waals surface area contributed by atoms with Gasteiger partial charge in [-0.2, -0.15) is 0 Å². The topological polar surface area (TPSA) is 50.4 Å². The molecule has 1 amide bonds. The van der Waals surface area contributed by atoms with E-state index in [9.17, 15) is 4.79 Å². The van der Waals surface area contributed by atoms with Crippen molar-refractivity contribution in [3.05, 3.63) is 35.9 Å². The van der Waals surface area contributed by atoms with Gasteiger partial charge >= 0.3 is 0 Å². The van der Waals surface area contributed by atoms with E-state index in [1.165, 1.54) is 0 Å². The molecule has 0 aliphatic carbocycles. The highest BCUT2D eigenvalue weighted by molar-refractivity contribution is 5.88. The molecule has 1 aliphatic rings. The summed E-state index contributed by atoms with van der Waals surface area (Å²) in [6.07, 6.45) is 2.53. The number of amides is 1. The first-order valence-corrected chi connectivity index (χ1v) is 7.75. The summed E-state index contributed by atoms with van der Waals surface area (Å²) in [5.74, 6) is 0.152. The first kappa shape index (κ1) is 16.0. The molecule has 0 spiro atoms. The average molecular weight is 290 g/mol. The first-order chi connectivity index (χ1) is 10.2. The summed E-state index contributed by atoms with van der Waals surface area (Å²) in [4.78, 5) is 12.9. The fourth-order valence-electron chi connectivity index (χ4n) is 2.99. The fraction of sp³-hybridized carbons (Fsp3) is 0.588. The highest BCUT2D eigenvalue weighted by Gasteiger charge is 2.41. The van der Waals surface area contributed by atoms with Crippen LogP contribution in [0.2, 0.25) is 0 Å². The molecule has 21 heavy (non-hydrogen) atoms. The highest BCUT2D eigenvalue weighted by Crippen LogP contribution is 2.33. The molecular weight excluding hydrogens is 264 g/mol. The molecule has 1 fully saturated rings. The first-order valence-electron chi connectivity index (χ1n) is 7.75. The molecule has 1 aromatic rings. The van der Waals surface area contributed by atoms with E-state index in [1.54, 1.807) is 7.11 Å². The third-order valence-electron chi connectivity index (χ3n) is 4.35. The van der Waals surface area contributed by atoms with Gasteiger partial charge in [0.25, 0.3) is 0 Å². The Hall–Kier alpha value is -1.39. The Morgan fingerprint density at radius 1 is 1.33 bits per heavy atom. The van der Waals surface area contributed by atoms with Crippen LogP contribution in [0.5, 0.6) is 0 Å². The van der Waals surface area contributed by atoms with Gasteiger partial charge in [0.05, 0.1) is 5.41 Å². The molecule has 0 radical (unpaired) electrons. The van der Waals surface area contributed by atoms with Crippen molar-refractivity contribution in [1.82, 2.24) is 10.6 Å². The van der Waals surface area contributed by atoms with Crippen LogP contribution in [0.15, 0.2) is 30.3 Å². The minimum Gasteiger partial charge on any atom is -0.385 e. The van der Waals surface area contributed by atoms with E-state index in [-0.39, 0.29) is 11.9 Å². The zero-order chi connectivity index (χ0) is 15.1. The number of ether oxygens (including phenoxy) is 1. The van der Waals surface area contributed by atoms with Crippen molar-refractivity contribution in [3.8, 4) is 0 Å². The number of nitrogens with one attached hydrogen (secondary N) is 2. The summed E-state index contributed by atoms with van der Waals surface area (Å²) in [6.45, 7) is 4.47. The second-order valence-corrected chi connectivity index (χ2v) is 5.85. The molecule has 0 aromatic heterocycles. The van der Waals surface area contributed by atoms with Crippen molar-refractivity contribution in [1.29, 1.82) is 0 Å². The normalized spacial score (nSPS) is 19.0. The van der Waals surface area contributed by atoms with E-state index in [2.05, 4.69) is 22.8 Å². The van der Waals surface area contributed by atoms with Crippen LogP contribution in [0.25, 0.3) is 0 Å². The molecule has 4 heteroatoms. The van der Waals surface area contributed by atoms with E-state index in [0.717, 1.165) is 37.9 Å².